The van der Waals surface area contributed by atoms with E-state index in [9.17, 15) is 9.18 Å². The quantitative estimate of drug-likeness (QED) is 0.797. The number of carbonyl (C=O) groups is 1. The Hall–Kier alpha value is -2.74. The number of halogens is 1. The average Bonchev–Trinajstić information content (AvgIpc) is 3.17. The van der Waals surface area contributed by atoms with E-state index in [4.69, 9.17) is 4.74 Å². The largest absolute Gasteiger partial charge is 0.497 e. The van der Waals surface area contributed by atoms with Crippen molar-refractivity contribution in [3.63, 3.8) is 0 Å². The van der Waals surface area contributed by atoms with Crippen molar-refractivity contribution in [2.24, 2.45) is 7.05 Å². The zero-order valence-electron chi connectivity index (χ0n) is 12.4. The van der Waals surface area contributed by atoms with Crippen LogP contribution in [0, 0.1) is 5.82 Å². The number of anilines is 1. The van der Waals surface area contributed by atoms with E-state index >= 15 is 0 Å². The summed E-state index contributed by atoms with van der Waals surface area (Å²) >= 11 is 1.19. The molecule has 23 heavy (non-hydrogen) atoms. The smallest absolute Gasteiger partial charge is 0.275 e. The Labute approximate surface area is 135 Å². The predicted octanol–water partition coefficient (Wildman–Crippen LogP) is 2.94. The molecule has 0 bridgehead atoms. The molecule has 0 spiro atoms. The molecule has 2 heterocycles. The fraction of sp³-hybridized carbons (Fsp3) is 0.133. The number of benzene rings is 1. The molecule has 3 aromatic rings. The van der Waals surface area contributed by atoms with Gasteiger partial charge in [0.15, 0.2) is 0 Å². The van der Waals surface area contributed by atoms with Crippen LogP contribution in [0.15, 0.2) is 36.0 Å². The Bertz CT molecular complexity index is 859. The van der Waals surface area contributed by atoms with E-state index in [0.717, 1.165) is 0 Å². The van der Waals surface area contributed by atoms with Crippen LogP contribution in [0.25, 0.3) is 10.6 Å². The molecule has 2 aromatic heterocycles. The Morgan fingerprint density at radius 2 is 2.26 bits per heavy atom. The number of hydrogen-bond acceptors (Lipinski definition) is 5. The second-order valence-electron chi connectivity index (χ2n) is 4.74. The molecular weight excluding hydrogens is 319 g/mol. The number of nitrogens with zero attached hydrogens (tertiary/aromatic N) is 3. The normalized spacial score (nSPS) is 10.6. The number of carbonyl (C=O) groups excluding carboxylic acids is 1. The van der Waals surface area contributed by atoms with Crippen molar-refractivity contribution in [2.75, 3.05) is 12.4 Å². The highest BCUT2D eigenvalue weighted by atomic mass is 32.1. The summed E-state index contributed by atoms with van der Waals surface area (Å²) in [6.07, 6.45) is 3.21. The molecule has 0 saturated carbocycles. The molecule has 0 fully saturated rings. The van der Waals surface area contributed by atoms with Gasteiger partial charge >= 0.3 is 0 Å². The highest BCUT2D eigenvalue weighted by molar-refractivity contribution is 7.13. The number of thiazole rings is 1. The molecule has 0 aliphatic carbocycles. The maximum absolute atomic E-state index is 14.0. The van der Waals surface area contributed by atoms with Gasteiger partial charge in [0, 0.05) is 24.2 Å². The SMILES string of the molecule is COc1ccc(F)c(-c2nc(C(=O)Nc3cnn(C)c3)cs2)c1. The molecule has 8 heteroatoms. The predicted molar refractivity (Wildman–Crippen MR) is 85.2 cm³/mol. The number of ether oxygens (including phenoxy) is 1. The van der Waals surface area contributed by atoms with Crippen LogP contribution >= 0.6 is 11.3 Å². The lowest BCUT2D eigenvalue weighted by molar-refractivity contribution is 0.102. The summed E-state index contributed by atoms with van der Waals surface area (Å²) in [5.74, 6) is -0.263. The van der Waals surface area contributed by atoms with Crippen LogP contribution in [0.3, 0.4) is 0 Å². The van der Waals surface area contributed by atoms with Gasteiger partial charge < -0.3 is 10.1 Å². The fourth-order valence-electron chi connectivity index (χ4n) is 1.98. The minimum atomic E-state index is -0.417. The monoisotopic (exact) mass is 332 g/mol. The summed E-state index contributed by atoms with van der Waals surface area (Å²) in [6, 6.07) is 4.39. The highest BCUT2D eigenvalue weighted by Gasteiger charge is 2.15. The second-order valence-corrected chi connectivity index (χ2v) is 5.60. The number of nitrogens with one attached hydrogen (secondary N) is 1. The van der Waals surface area contributed by atoms with E-state index in [0.29, 0.717) is 22.0 Å². The standard InChI is InChI=1S/C15H13FN4O2S/c1-20-7-9(6-17-20)18-14(21)13-8-23-15(19-13)11-5-10(22-2)3-4-12(11)16/h3-8H,1-2H3,(H,18,21). The molecule has 1 N–H and O–H groups in total. The first-order chi connectivity index (χ1) is 11.1. The van der Waals surface area contributed by atoms with E-state index in [2.05, 4.69) is 15.4 Å². The first-order valence-electron chi connectivity index (χ1n) is 6.66. The third-order valence-electron chi connectivity index (χ3n) is 3.10. The van der Waals surface area contributed by atoms with Crippen molar-refractivity contribution < 1.29 is 13.9 Å². The Balaban J connectivity index is 1.84. The van der Waals surface area contributed by atoms with Gasteiger partial charge in [0.1, 0.15) is 22.3 Å². The van der Waals surface area contributed by atoms with E-state index in [1.54, 1.807) is 29.4 Å². The second kappa shape index (κ2) is 6.17. The first kappa shape index (κ1) is 15.2. The van der Waals surface area contributed by atoms with Crippen molar-refractivity contribution in [3.8, 4) is 16.3 Å². The van der Waals surface area contributed by atoms with Crippen molar-refractivity contribution in [2.45, 2.75) is 0 Å². The number of aryl methyl sites for hydroxylation is 1. The minimum absolute atomic E-state index is 0.219. The van der Waals surface area contributed by atoms with Crippen molar-refractivity contribution in [1.82, 2.24) is 14.8 Å². The number of hydrogen-bond donors (Lipinski definition) is 1. The summed E-state index contributed by atoms with van der Waals surface area (Å²) in [5.41, 5.74) is 1.09. The van der Waals surface area contributed by atoms with E-state index < -0.39 is 5.82 Å². The highest BCUT2D eigenvalue weighted by Crippen LogP contribution is 2.29. The molecule has 1 aromatic carbocycles. The zero-order chi connectivity index (χ0) is 16.4. The molecule has 0 aliphatic heterocycles. The summed E-state index contributed by atoms with van der Waals surface area (Å²) in [6.45, 7) is 0. The van der Waals surface area contributed by atoms with Crippen LogP contribution in [-0.4, -0.2) is 27.8 Å². The van der Waals surface area contributed by atoms with Gasteiger partial charge in [-0.2, -0.15) is 5.10 Å². The van der Waals surface area contributed by atoms with Crippen LogP contribution in [-0.2, 0) is 7.05 Å². The Kier molecular flexibility index (Phi) is 4.07. The molecule has 118 valence electrons. The lowest BCUT2D eigenvalue weighted by Crippen LogP contribution is -2.11. The van der Waals surface area contributed by atoms with Crippen molar-refractivity contribution in [1.29, 1.82) is 0 Å². The molecular formula is C15H13FN4O2S. The molecule has 6 nitrogen and oxygen atoms in total. The van der Waals surface area contributed by atoms with E-state index in [1.165, 1.54) is 36.8 Å². The van der Waals surface area contributed by atoms with Gasteiger partial charge in [0.2, 0.25) is 0 Å². The number of amides is 1. The molecule has 3 rings (SSSR count). The van der Waals surface area contributed by atoms with Gasteiger partial charge in [-0.3, -0.25) is 9.48 Å². The zero-order valence-corrected chi connectivity index (χ0v) is 13.2. The Morgan fingerprint density at radius 3 is 2.96 bits per heavy atom. The lowest BCUT2D eigenvalue weighted by atomic mass is 10.2. The van der Waals surface area contributed by atoms with Gasteiger partial charge in [0.05, 0.1) is 19.0 Å². The maximum atomic E-state index is 14.0. The minimum Gasteiger partial charge on any atom is -0.497 e. The van der Waals surface area contributed by atoms with Gasteiger partial charge in [-0.1, -0.05) is 0 Å². The molecule has 1 amide bonds. The van der Waals surface area contributed by atoms with E-state index in [1.807, 2.05) is 0 Å². The topological polar surface area (TPSA) is 69.0 Å². The first-order valence-corrected chi connectivity index (χ1v) is 7.54. The van der Waals surface area contributed by atoms with Gasteiger partial charge in [-0.05, 0) is 18.2 Å². The molecule has 0 atom stereocenters. The molecule has 0 aliphatic rings. The summed E-state index contributed by atoms with van der Waals surface area (Å²) in [5, 5.41) is 8.65. The third-order valence-corrected chi connectivity index (χ3v) is 3.98. The van der Waals surface area contributed by atoms with Gasteiger partial charge in [-0.25, -0.2) is 9.37 Å². The van der Waals surface area contributed by atoms with Crippen LogP contribution < -0.4 is 10.1 Å². The summed E-state index contributed by atoms with van der Waals surface area (Å²) in [7, 11) is 3.26. The Morgan fingerprint density at radius 1 is 1.43 bits per heavy atom. The number of aromatic nitrogens is 3. The fourth-order valence-corrected chi connectivity index (χ4v) is 2.80. The van der Waals surface area contributed by atoms with Gasteiger partial charge in [-0.15, -0.1) is 11.3 Å². The number of rotatable bonds is 4. The number of methoxy groups -OCH3 is 1. The van der Waals surface area contributed by atoms with Crippen LogP contribution in [0.1, 0.15) is 10.5 Å². The van der Waals surface area contributed by atoms with Crippen LogP contribution in [0.4, 0.5) is 10.1 Å². The molecule has 0 saturated heterocycles. The van der Waals surface area contributed by atoms with Crippen molar-refractivity contribution in [3.05, 3.63) is 47.5 Å². The molecule has 0 unspecified atom stereocenters. The van der Waals surface area contributed by atoms with E-state index in [-0.39, 0.29) is 11.6 Å². The lowest BCUT2D eigenvalue weighted by Gasteiger charge is -2.03. The van der Waals surface area contributed by atoms with Crippen LogP contribution in [0.5, 0.6) is 5.75 Å². The third kappa shape index (κ3) is 3.21. The summed E-state index contributed by atoms with van der Waals surface area (Å²) < 4.78 is 20.6. The molecule has 0 radical (unpaired) electrons. The summed E-state index contributed by atoms with van der Waals surface area (Å²) in [4.78, 5) is 16.4. The maximum Gasteiger partial charge on any atom is 0.275 e. The van der Waals surface area contributed by atoms with Gasteiger partial charge in [0.25, 0.3) is 5.91 Å². The van der Waals surface area contributed by atoms with Crippen LogP contribution in [0.2, 0.25) is 0 Å². The van der Waals surface area contributed by atoms with Crippen molar-refractivity contribution >= 4 is 22.9 Å². The average molecular weight is 332 g/mol.